The largest absolute Gasteiger partial charge is 0.355 e. The summed E-state index contributed by atoms with van der Waals surface area (Å²) in [6.45, 7) is 9.24. The van der Waals surface area contributed by atoms with Crippen molar-refractivity contribution in [2.24, 2.45) is 11.5 Å². The lowest BCUT2D eigenvalue weighted by atomic mass is 9.87. The maximum Gasteiger partial charge on any atom is 0.222 e. The van der Waals surface area contributed by atoms with E-state index in [1.54, 1.807) is 0 Å². The van der Waals surface area contributed by atoms with Gasteiger partial charge in [0.1, 0.15) is 0 Å². The van der Waals surface area contributed by atoms with E-state index >= 15 is 0 Å². The average molecular weight is 358 g/mol. The van der Waals surface area contributed by atoms with Crippen molar-refractivity contribution >= 4 is 11.7 Å². The van der Waals surface area contributed by atoms with Gasteiger partial charge in [0.2, 0.25) is 5.91 Å². The maximum absolute atomic E-state index is 12.7. The second kappa shape index (κ2) is 14.2. The molecule has 2 atom stereocenters. The predicted octanol–water partition coefficient (Wildman–Crippen LogP) is 0.276. The SMILES string of the molecule is CCCCCCNC(C)(CC)C(=O)[C@@H](N)CC(=O)NCCNCCN. The summed E-state index contributed by atoms with van der Waals surface area (Å²) in [5, 5.41) is 9.20. The second-order valence-electron chi connectivity index (χ2n) is 6.74. The van der Waals surface area contributed by atoms with Crippen LogP contribution in [0.3, 0.4) is 0 Å². The number of amides is 1. The van der Waals surface area contributed by atoms with Gasteiger partial charge in [-0.2, -0.15) is 0 Å². The number of hydrogen-bond acceptors (Lipinski definition) is 6. The molecule has 0 saturated heterocycles. The van der Waals surface area contributed by atoms with E-state index in [0.717, 1.165) is 19.4 Å². The summed E-state index contributed by atoms with van der Waals surface area (Å²) in [4.78, 5) is 24.6. The van der Waals surface area contributed by atoms with Crippen molar-refractivity contribution in [3.8, 4) is 0 Å². The van der Waals surface area contributed by atoms with Gasteiger partial charge in [0.25, 0.3) is 0 Å². The number of nitrogens with one attached hydrogen (secondary N) is 3. The Morgan fingerprint density at radius 3 is 2.36 bits per heavy atom. The molecule has 7 nitrogen and oxygen atoms in total. The molecule has 0 spiro atoms. The van der Waals surface area contributed by atoms with E-state index in [9.17, 15) is 9.59 Å². The van der Waals surface area contributed by atoms with Gasteiger partial charge in [-0.1, -0.05) is 33.1 Å². The minimum atomic E-state index is -0.787. The molecule has 0 rings (SSSR count). The molecule has 1 amide bonds. The Labute approximate surface area is 153 Å². The highest BCUT2D eigenvalue weighted by Gasteiger charge is 2.34. The zero-order chi connectivity index (χ0) is 19.1. The number of rotatable bonds is 16. The Hall–Kier alpha value is -1.02. The third kappa shape index (κ3) is 10.5. The number of nitrogens with two attached hydrogens (primary N) is 2. The molecule has 0 radical (unpaired) electrons. The van der Waals surface area contributed by atoms with Crippen molar-refractivity contribution in [1.29, 1.82) is 0 Å². The highest BCUT2D eigenvalue weighted by molar-refractivity contribution is 5.95. The first-order chi connectivity index (χ1) is 11.9. The number of carbonyl (C=O) groups is 2. The van der Waals surface area contributed by atoms with E-state index in [-0.39, 0.29) is 18.1 Å². The Balaban J connectivity index is 4.25. The van der Waals surface area contributed by atoms with Crippen LogP contribution in [0.4, 0.5) is 0 Å². The number of hydrogen-bond donors (Lipinski definition) is 5. The summed E-state index contributed by atoms with van der Waals surface area (Å²) in [5.41, 5.74) is 10.7. The van der Waals surface area contributed by atoms with Crippen LogP contribution in [-0.2, 0) is 9.59 Å². The van der Waals surface area contributed by atoms with Gasteiger partial charge >= 0.3 is 0 Å². The number of Topliss-reactive ketones (excluding diaryl/α,β-unsaturated/α-hetero) is 1. The standard InChI is InChI=1S/C18H39N5O2/c1-4-6-7-8-10-23-18(3,5-2)17(25)15(20)14-16(24)22-13-12-21-11-9-19/h15,21,23H,4-14,19-20H2,1-3H3,(H,22,24)/t15-,18?/m0/s1. The molecule has 0 aliphatic rings. The molecule has 0 aliphatic heterocycles. The van der Waals surface area contributed by atoms with Crippen LogP contribution in [0.25, 0.3) is 0 Å². The van der Waals surface area contributed by atoms with Crippen molar-refractivity contribution < 1.29 is 9.59 Å². The Bertz CT molecular complexity index is 378. The Morgan fingerprint density at radius 1 is 1.04 bits per heavy atom. The van der Waals surface area contributed by atoms with Gasteiger partial charge in [0, 0.05) is 32.6 Å². The normalized spacial score (nSPS) is 14.8. The van der Waals surface area contributed by atoms with E-state index in [1.807, 2.05) is 13.8 Å². The van der Waals surface area contributed by atoms with Gasteiger partial charge in [0.05, 0.1) is 11.6 Å². The number of unbranched alkanes of at least 4 members (excludes halogenated alkanes) is 3. The van der Waals surface area contributed by atoms with Gasteiger partial charge in [-0.3, -0.25) is 9.59 Å². The number of carbonyl (C=O) groups excluding carboxylic acids is 2. The first kappa shape index (κ1) is 24.0. The summed E-state index contributed by atoms with van der Waals surface area (Å²) in [5.74, 6) is -0.293. The minimum absolute atomic E-state index is 0.0167. The summed E-state index contributed by atoms with van der Waals surface area (Å²) >= 11 is 0. The second-order valence-corrected chi connectivity index (χ2v) is 6.74. The molecule has 0 aliphatic carbocycles. The fourth-order valence-electron chi connectivity index (χ4n) is 2.59. The van der Waals surface area contributed by atoms with Crippen LogP contribution < -0.4 is 27.4 Å². The maximum atomic E-state index is 12.7. The lowest BCUT2D eigenvalue weighted by molar-refractivity contribution is -0.130. The molecule has 0 fully saturated rings. The fourth-order valence-corrected chi connectivity index (χ4v) is 2.59. The molecule has 148 valence electrons. The van der Waals surface area contributed by atoms with E-state index < -0.39 is 11.6 Å². The van der Waals surface area contributed by atoms with Crippen molar-refractivity contribution in [3.05, 3.63) is 0 Å². The zero-order valence-corrected chi connectivity index (χ0v) is 16.3. The quantitative estimate of drug-likeness (QED) is 0.253. The predicted molar refractivity (Wildman–Crippen MR) is 103 cm³/mol. The van der Waals surface area contributed by atoms with Crippen LogP contribution in [0.2, 0.25) is 0 Å². The summed E-state index contributed by atoms with van der Waals surface area (Å²) < 4.78 is 0. The van der Waals surface area contributed by atoms with E-state index in [1.165, 1.54) is 12.8 Å². The lowest BCUT2D eigenvalue weighted by Crippen LogP contribution is -2.56. The molecule has 0 bridgehead atoms. The van der Waals surface area contributed by atoms with Crippen molar-refractivity contribution in [2.45, 2.75) is 70.9 Å². The van der Waals surface area contributed by atoms with Gasteiger partial charge in [-0.15, -0.1) is 0 Å². The fraction of sp³-hybridized carbons (Fsp3) is 0.889. The van der Waals surface area contributed by atoms with Crippen LogP contribution in [0.15, 0.2) is 0 Å². The molecule has 0 saturated carbocycles. The van der Waals surface area contributed by atoms with Crippen molar-refractivity contribution in [3.63, 3.8) is 0 Å². The van der Waals surface area contributed by atoms with Crippen LogP contribution in [0.5, 0.6) is 0 Å². The van der Waals surface area contributed by atoms with Crippen LogP contribution in [0, 0.1) is 0 Å². The Kier molecular flexibility index (Phi) is 13.6. The highest BCUT2D eigenvalue weighted by atomic mass is 16.2. The molecular formula is C18H39N5O2. The minimum Gasteiger partial charge on any atom is -0.355 e. The van der Waals surface area contributed by atoms with Gasteiger partial charge < -0.3 is 27.4 Å². The monoisotopic (exact) mass is 357 g/mol. The highest BCUT2D eigenvalue weighted by Crippen LogP contribution is 2.14. The molecule has 25 heavy (non-hydrogen) atoms. The molecular weight excluding hydrogens is 318 g/mol. The topological polar surface area (TPSA) is 122 Å². The van der Waals surface area contributed by atoms with Crippen molar-refractivity contribution in [1.82, 2.24) is 16.0 Å². The smallest absolute Gasteiger partial charge is 0.222 e. The third-order valence-corrected chi connectivity index (χ3v) is 4.48. The molecule has 0 aromatic heterocycles. The molecule has 1 unspecified atom stereocenters. The summed E-state index contributed by atoms with van der Waals surface area (Å²) in [6.07, 6.45) is 5.26. The van der Waals surface area contributed by atoms with E-state index in [4.69, 9.17) is 11.5 Å². The average Bonchev–Trinajstić information content (AvgIpc) is 2.60. The molecule has 7 N–H and O–H groups in total. The summed E-state index contributed by atoms with van der Waals surface area (Å²) in [6, 6.07) is -0.787. The molecule has 0 heterocycles. The lowest BCUT2D eigenvalue weighted by Gasteiger charge is -2.31. The summed E-state index contributed by atoms with van der Waals surface area (Å²) in [7, 11) is 0. The van der Waals surface area contributed by atoms with Gasteiger partial charge in [-0.05, 0) is 26.3 Å². The molecule has 7 heteroatoms. The molecule has 0 aromatic rings. The van der Waals surface area contributed by atoms with E-state index in [2.05, 4.69) is 22.9 Å². The zero-order valence-electron chi connectivity index (χ0n) is 16.3. The molecule has 0 aromatic carbocycles. The first-order valence-corrected chi connectivity index (χ1v) is 9.63. The van der Waals surface area contributed by atoms with Crippen molar-refractivity contribution in [2.75, 3.05) is 32.7 Å². The number of ketones is 1. The van der Waals surface area contributed by atoms with Gasteiger partial charge in [0.15, 0.2) is 5.78 Å². The van der Waals surface area contributed by atoms with Gasteiger partial charge in [-0.25, -0.2) is 0 Å². The van der Waals surface area contributed by atoms with Crippen LogP contribution in [-0.4, -0.2) is 56.0 Å². The third-order valence-electron chi connectivity index (χ3n) is 4.48. The Morgan fingerprint density at radius 2 is 1.76 bits per heavy atom. The van der Waals surface area contributed by atoms with Crippen LogP contribution in [0.1, 0.15) is 59.3 Å². The first-order valence-electron chi connectivity index (χ1n) is 9.63. The van der Waals surface area contributed by atoms with E-state index in [0.29, 0.717) is 32.6 Å². The van der Waals surface area contributed by atoms with Crippen LogP contribution >= 0.6 is 0 Å².